The first-order chi connectivity index (χ1) is 11.0. The van der Waals surface area contributed by atoms with Crippen LogP contribution >= 0.6 is 12.4 Å². The van der Waals surface area contributed by atoms with Gasteiger partial charge in [0.05, 0.1) is 10.6 Å². The molecule has 3 rings (SSSR count). The average Bonchev–Trinajstić information content (AvgIpc) is 3.02. The van der Waals surface area contributed by atoms with Crippen molar-refractivity contribution in [3.05, 3.63) is 29.3 Å². The number of carbonyl (C=O) groups excluding carboxylic acids is 1. The number of carbonyl (C=O) groups is 1. The number of piperidine rings is 1. The van der Waals surface area contributed by atoms with Gasteiger partial charge in [0.1, 0.15) is 0 Å². The van der Waals surface area contributed by atoms with Crippen molar-refractivity contribution in [2.45, 2.75) is 49.5 Å². The molecule has 7 heteroatoms. The Morgan fingerprint density at radius 1 is 1.17 bits per heavy atom. The molecule has 0 bridgehead atoms. The van der Waals surface area contributed by atoms with E-state index in [1.165, 1.54) is 5.56 Å². The smallest absolute Gasteiger partial charge is 0.221 e. The molecule has 0 atom stereocenters. The van der Waals surface area contributed by atoms with E-state index in [2.05, 4.69) is 10.6 Å². The van der Waals surface area contributed by atoms with E-state index in [9.17, 15) is 13.2 Å². The molecule has 1 saturated heterocycles. The molecule has 0 radical (unpaired) electrons. The van der Waals surface area contributed by atoms with Crippen LogP contribution in [0, 0.1) is 0 Å². The van der Waals surface area contributed by atoms with Crippen molar-refractivity contribution in [1.29, 1.82) is 0 Å². The van der Waals surface area contributed by atoms with Gasteiger partial charge in [0.2, 0.25) is 5.91 Å². The fourth-order valence-electron chi connectivity index (χ4n) is 3.35. The minimum atomic E-state index is -3.39. The molecule has 1 fully saturated rings. The Bertz CT molecular complexity index is 685. The van der Waals surface area contributed by atoms with Crippen LogP contribution in [-0.4, -0.2) is 39.2 Å². The van der Waals surface area contributed by atoms with Gasteiger partial charge in [-0.2, -0.15) is 0 Å². The number of nitrogens with one attached hydrogen (secondary N) is 2. The summed E-state index contributed by atoms with van der Waals surface area (Å²) in [6, 6.07) is 5.57. The molecule has 24 heavy (non-hydrogen) atoms. The fourth-order valence-corrected chi connectivity index (χ4v) is 4.64. The van der Waals surface area contributed by atoms with Gasteiger partial charge in [0.15, 0.2) is 9.84 Å². The number of benzene rings is 1. The molecule has 1 aliphatic heterocycles. The quantitative estimate of drug-likeness (QED) is 0.823. The van der Waals surface area contributed by atoms with Gasteiger partial charge in [-0.25, -0.2) is 8.42 Å². The molecule has 0 aromatic heterocycles. The van der Waals surface area contributed by atoms with Crippen LogP contribution in [0.25, 0.3) is 0 Å². The molecule has 0 unspecified atom stereocenters. The number of sulfone groups is 1. The Hall–Kier alpha value is -1.11. The highest BCUT2D eigenvalue weighted by Crippen LogP contribution is 2.25. The summed E-state index contributed by atoms with van der Waals surface area (Å²) in [7, 11) is -3.39. The Balaban J connectivity index is 0.00000208. The SMILES string of the molecule is Cl.O=C(CCS(=O)(=O)c1ccc2c(c1)CCC2)NC1CCNCC1. The van der Waals surface area contributed by atoms with Crippen LogP contribution in [0.2, 0.25) is 0 Å². The summed E-state index contributed by atoms with van der Waals surface area (Å²) in [6.07, 6.45) is 4.93. The molecule has 1 heterocycles. The summed E-state index contributed by atoms with van der Waals surface area (Å²) in [6.45, 7) is 1.80. The molecular weight excluding hydrogens is 348 g/mol. The number of fused-ring (bicyclic) bond motifs is 1. The van der Waals surface area contributed by atoms with E-state index < -0.39 is 9.84 Å². The molecule has 2 aliphatic rings. The lowest BCUT2D eigenvalue weighted by atomic mass is 10.1. The van der Waals surface area contributed by atoms with Crippen molar-refractivity contribution in [1.82, 2.24) is 10.6 Å². The first kappa shape index (κ1) is 19.2. The van der Waals surface area contributed by atoms with Crippen LogP contribution < -0.4 is 10.6 Å². The minimum Gasteiger partial charge on any atom is -0.353 e. The molecular formula is C17H25ClN2O3S. The maximum atomic E-state index is 12.4. The molecule has 5 nitrogen and oxygen atoms in total. The highest BCUT2D eigenvalue weighted by molar-refractivity contribution is 7.91. The second kappa shape index (κ2) is 8.32. The normalized spacial score (nSPS) is 17.8. The third-order valence-corrected chi connectivity index (χ3v) is 6.44. The zero-order valence-electron chi connectivity index (χ0n) is 13.7. The standard InChI is InChI=1S/C17H24N2O3S.ClH/c20-17(19-15-6-9-18-10-7-15)8-11-23(21,22)16-5-4-13-2-1-3-14(13)12-16;/h4-5,12,15,18H,1-3,6-11H2,(H,19,20);1H. The summed E-state index contributed by atoms with van der Waals surface area (Å²) in [4.78, 5) is 12.3. The monoisotopic (exact) mass is 372 g/mol. The molecule has 1 aromatic carbocycles. The largest absolute Gasteiger partial charge is 0.353 e. The van der Waals surface area contributed by atoms with Crippen molar-refractivity contribution in [3.8, 4) is 0 Å². The highest BCUT2D eigenvalue weighted by atomic mass is 35.5. The van der Waals surface area contributed by atoms with Crippen LogP contribution in [-0.2, 0) is 27.5 Å². The van der Waals surface area contributed by atoms with Crippen molar-refractivity contribution in [2.24, 2.45) is 0 Å². The molecule has 2 N–H and O–H groups in total. The number of aryl methyl sites for hydroxylation is 2. The lowest BCUT2D eigenvalue weighted by Gasteiger charge is -2.23. The lowest BCUT2D eigenvalue weighted by molar-refractivity contribution is -0.121. The summed E-state index contributed by atoms with van der Waals surface area (Å²) in [5, 5.41) is 6.18. The maximum Gasteiger partial charge on any atom is 0.221 e. The van der Waals surface area contributed by atoms with Gasteiger partial charge in [-0.3, -0.25) is 4.79 Å². The number of rotatable bonds is 5. The molecule has 134 valence electrons. The van der Waals surface area contributed by atoms with Crippen LogP contribution in [0.1, 0.15) is 36.8 Å². The first-order valence-electron chi connectivity index (χ1n) is 8.39. The summed E-state index contributed by atoms with van der Waals surface area (Å²) < 4.78 is 24.9. The zero-order chi connectivity index (χ0) is 16.3. The summed E-state index contributed by atoms with van der Waals surface area (Å²) in [5.74, 6) is -0.288. The predicted octanol–water partition coefficient (Wildman–Crippen LogP) is 1.63. The van der Waals surface area contributed by atoms with Gasteiger partial charge >= 0.3 is 0 Å². The Morgan fingerprint density at radius 2 is 1.88 bits per heavy atom. The van der Waals surface area contributed by atoms with E-state index in [1.54, 1.807) is 12.1 Å². The van der Waals surface area contributed by atoms with Gasteiger partial charge in [0.25, 0.3) is 0 Å². The van der Waals surface area contributed by atoms with Gasteiger partial charge < -0.3 is 10.6 Å². The zero-order valence-corrected chi connectivity index (χ0v) is 15.3. The van der Waals surface area contributed by atoms with E-state index in [1.807, 2.05) is 6.07 Å². The Kier molecular flexibility index (Phi) is 6.66. The molecule has 1 aliphatic carbocycles. The van der Waals surface area contributed by atoms with Crippen molar-refractivity contribution in [3.63, 3.8) is 0 Å². The van der Waals surface area contributed by atoms with Crippen molar-refractivity contribution < 1.29 is 13.2 Å². The van der Waals surface area contributed by atoms with E-state index in [0.29, 0.717) is 4.90 Å². The number of amides is 1. The molecule has 0 saturated carbocycles. The maximum absolute atomic E-state index is 12.4. The first-order valence-corrected chi connectivity index (χ1v) is 10.0. The number of hydrogen-bond acceptors (Lipinski definition) is 4. The van der Waals surface area contributed by atoms with Crippen LogP contribution in [0.3, 0.4) is 0 Å². The lowest BCUT2D eigenvalue weighted by Crippen LogP contribution is -2.43. The van der Waals surface area contributed by atoms with E-state index in [0.717, 1.165) is 50.8 Å². The third-order valence-electron chi connectivity index (χ3n) is 4.73. The van der Waals surface area contributed by atoms with E-state index >= 15 is 0 Å². The second-order valence-corrected chi connectivity index (χ2v) is 8.55. The Morgan fingerprint density at radius 3 is 2.62 bits per heavy atom. The van der Waals surface area contributed by atoms with Crippen molar-refractivity contribution in [2.75, 3.05) is 18.8 Å². The van der Waals surface area contributed by atoms with Gasteiger partial charge in [-0.05, 0) is 68.5 Å². The summed E-state index contributed by atoms with van der Waals surface area (Å²) >= 11 is 0. The molecule has 0 spiro atoms. The van der Waals surface area contributed by atoms with Crippen LogP contribution in [0.4, 0.5) is 0 Å². The number of halogens is 1. The minimum absolute atomic E-state index is 0. The summed E-state index contributed by atoms with van der Waals surface area (Å²) in [5.41, 5.74) is 2.40. The predicted molar refractivity (Wildman–Crippen MR) is 96.4 cm³/mol. The molecule has 1 amide bonds. The highest BCUT2D eigenvalue weighted by Gasteiger charge is 2.21. The van der Waals surface area contributed by atoms with Gasteiger partial charge in [0, 0.05) is 12.5 Å². The van der Waals surface area contributed by atoms with Gasteiger partial charge in [-0.1, -0.05) is 6.07 Å². The van der Waals surface area contributed by atoms with E-state index in [4.69, 9.17) is 0 Å². The number of hydrogen-bond donors (Lipinski definition) is 2. The van der Waals surface area contributed by atoms with Crippen LogP contribution in [0.5, 0.6) is 0 Å². The molecule has 1 aromatic rings. The van der Waals surface area contributed by atoms with Crippen LogP contribution in [0.15, 0.2) is 23.1 Å². The fraction of sp³-hybridized carbons (Fsp3) is 0.588. The topological polar surface area (TPSA) is 75.3 Å². The van der Waals surface area contributed by atoms with E-state index in [-0.39, 0.29) is 36.5 Å². The average molecular weight is 373 g/mol. The van der Waals surface area contributed by atoms with Gasteiger partial charge in [-0.15, -0.1) is 12.4 Å². The third kappa shape index (κ3) is 4.71. The second-order valence-electron chi connectivity index (χ2n) is 6.44. The van der Waals surface area contributed by atoms with Crippen molar-refractivity contribution >= 4 is 28.2 Å². The Labute approximate surface area is 149 Å².